The fourth-order valence-corrected chi connectivity index (χ4v) is 1.70. The van der Waals surface area contributed by atoms with Gasteiger partial charge < -0.3 is 10.4 Å². The van der Waals surface area contributed by atoms with Crippen LogP contribution in [0.3, 0.4) is 0 Å². The Morgan fingerprint density at radius 3 is 2.52 bits per heavy atom. The molecule has 21 heavy (non-hydrogen) atoms. The molecule has 0 aromatic heterocycles. The second-order valence-electron chi connectivity index (χ2n) is 4.60. The highest BCUT2D eigenvalue weighted by molar-refractivity contribution is 5.96. The number of halogens is 1. The second kappa shape index (κ2) is 6.78. The van der Waals surface area contributed by atoms with Crippen molar-refractivity contribution >= 4 is 17.6 Å². The molecule has 2 N–H and O–H groups in total. The van der Waals surface area contributed by atoms with E-state index in [2.05, 4.69) is 5.32 Å². The molecule has 0 heterocycles. The quantitative estimate of drug-likeness (QED) is 0.616. The van der Waals surface area contributed by atoms with E-state index in [4.69, 9.17) is 5.11 Å². The summed E-state index contributed by atoms with van der Waals surface area (Å²) >= 11 is 0. The van der Waals surface area contributed by atoms with Crippen molar-refractivity contribution in [3.63, 3.8) is 0 Å². The summed E-state index contributed by atoms with van der Waals surface area (Å²) in [5.74, 6) is -3.45. The molecule has 0 aliphatic heterocycles. The number of rotatable bonds is 6. The van der Waals surface area contributed by atoms with Crippen molar-refractivity contribution in [1.82, 2.24) is 5.32 Å². The van der Waals surface area contributed by atoms with E-state index in [1.807, 2.05) is 0 Å². The van der Waals surface area contributed by atoms with Gasteiger partial charge in [-0.1, -0.05) is 20.3 Å². The summed E-state index contributed by atoms with van der Waals surface area (Å²) in [4.78, 5) is 32.6. The molecule has 0 unspecified atom stereocenters. The minimum atomic E-state index is -1.19. The zero-order valence-electron chi connectivity index (χ0n) is 11.5. The third kappa shape index (κ3) is 3.98. The number of carbonyl (C=O) groups excluding carboxylic acids is 1. The van der Waals surface area contributed by atoms with Gasteiger partial charge in [0.2, 0.25) is 5.82 Å². The van der Waals surface area contributed by atoms with Crippen LogP contribution in [-0.4, -0.2) is 27.9 Å². The first-order valence-corrected chi connectivity index (χ1v) is 6.25. The summed E-state index contributed by atoms with van der Waals surface area (Å²) in [6.07, 6.45) is 0.534. The third-order valence-electron chi connectivity index (χ3n) is 3.17. The van der Waals surface area contributed by atoms with Gasteiger partial charge in [-0.2, -0.15) is 4.39 Å². The summed E-state index contributed by atoms with van der Waals surface area (Å²) in [5.41, 5.74) is -0.920. The number of carboxylic acid groups (broad SMARTS) is 1. The molecule has 0 spiro atoms. The maximum Gasteiger partial charge on any atom is 0.326 e. The Morgan fingerprint density at radius 2 is 2.10 bits per heavy atom. The molecule has 1 amide bonds. The van der Waals surface area contributed by atoms with Gasteiger partial charge in [0, 0.05) is 11.6 Å². The molecule has 0 aliphatic rings. The minimum Gasteiger partial charge on any atom is -0.480 e. The van der Waals surface area contributed by atoms with Crippen molar-refractivity contribution in [2.24, 2.45) is 5.92 Å². The normalized spacial score (nSPS) is 13.3. The summed E-state index contributed by atoms with van der Waals surface area (Å²) in [7, 11) is 0. The van der Waals surface area contributed by atoms with E-state index >= 15 is 0 Å². The van der Waals surface area contributed by atoms with Crippen molar-refractivity contribution in [2.45, 2.75) is 26.3 Å². The van der Waals surface area contributed by atoms with Crippen LogP contribution < -0.4 is 5.32 Å². The van der Waals surface area contributed by atoms with Gasteiger partial charge in [0.25, 0.3) is 5.91 Å². The van der Waals surface area contributed by atoms with E-state index in [1.54, 1.807) is 13.8 Å². The number of carbonyl (C=O) groups is 2. The number of carboxylic acids is 1. The lowest BCUT2D eigenvalue weighted by Crippen LogP contribution is -2.45. The van der Waals surface area contributed by atoms with E-state index in [0.717, 1.165) is 12.1 Å². The number of aliphatic carboxylic acids is 1. The van der Waals surface area contributed by atoms with Crippen molar-refractivity contribution in [3.05, 3.63) is 39.7 Å². The largest absolute Gasteiger partial charge is 0.480 e. The minimum absolute atomic E-state index is 0.173. The standard InChI is InChI=1S/C13H15FN2O5/c1-3-7(2)11(13(18)19)15-12(17)8-4-5-10(16(20)21)9(14)6-8/h4-7,11H,3H2,1-2H3,(H,15,17)(H,18,19)/t7-,11-/m0/s1. The molecular weight excluding hydrogens is 283 g/mol. The molecule has 8 heteroatoms. The van der Waals surface area contributed by atoms with E-state index in [0.29, 0.717) is 12.5 Å². The van der Waals surface area contributed by atoms with Gasteiger partial charge in [-0.15, -0.1) is 0 Å². The van der Waals surface area contributed by atoms with Crippen LogP contribution in [0.25, 0.3) is 0 Å². The number of nitro benzene ring substituents is 1. The molecule has 1 aromatic rings. The van der Waals surface area contributed by atoms with Gasteiger partial charge in [-0.25, -0.2) is 4.79 Å². The Balaban J connectivity index is 2.96. The molecule has 114 valence electrons. The Hall–Kier alpha value is -2.51. The molecule has 2 atom stereocenters. The molecule has 0 bridgehead atoms. The fourth-order valence-electron chi connectivity index (χ4n) is 1.70. The average molecular weight is 298 g/mol. The monoisotopic (exact) mass is 298 g/mol. The molecular formula is C13H15FN2O5. The SMILES string of the molecule is CC[C@H](C)[C@H](NC(=O)c1ccc([N+](=O)[O-])c(F)c1)C(=O)O. The van der Waals surface area contributed by atoms with Crippen LogP contribution in [0.15, 0.2) is 18.2 Å². The molecule has 0 saturated carbocycles. The lowest BCUT2D eigenvalue weighted by atomic mass is 9.99. The van der Waals surface area contributed by atoms with Crippen molar-refractivity contribution in [3.8, 4) is 0 Å². The van der Waals surface area contributed by atoms with E-state index in [9.17, 15) is 24.1 Å². The Bertz CT molecular complexity index is 576. The number of nitro groups is 1. The van der Waals surface area contributed by atoms with Crippen LogP contribution in [0.4, 0.5) is 10.1 Å². The van der Waals surface area contributed by atoms with Crippen LogP contribution in [0, 0.1) is 21.8 Å². The number of amides is 1. The van der Waals surface area contributed by atoms with Crippen LogP contribution in [0.5, 0.6) is 0 Å². The van der Waals surface area contributed by atoms with Gasteiger partial charge in [0.15, 0.2) is 0 Å². The van der Waals surface area contributed by atoms with Crippen molar-refractivity contribution in [2.75, 3.05) is 0 Å². The first-order valence-electron chi connectivity index (χ1n) is 6.25. The number of nitrogens with one attached hydrogen (secondary N) is 1. The highest BCUT2D eigenvalue weighted by Crippen LogP contribution is 2.18. The highest BCUT2D eigenvalue weighted by atomic mass is 19.1. The number of nitrogens with zero attached hydrogens (tertiary/aromatic N) is 1. The average Bonchev–Trinajstić information content (AvgIpc) is 2.42. The van der Waals surface area contributed by atoms with Crippen LogP contribution in [0.2, 0.25) is 0 Å². The zero-order chi connectivity index (χ0) is 16.2. The summed E-state index contributed by atoms with van der Waals surface area (Å²) in [6.45, 7) is 3.44. The third-order valence-corrected chi connectivity index (χ3v) is 3.17. The lowest BCUT2D eigenvalue weighted by molar-refractivity contribution is -0.387. The van der Waals surface area contributed by atoms with Crippen molar-refractivity contribution in [1.29, 1.82) is 0 Å². The zero-order valence-corrected chi connectivity index (χ0v) is 11.5. The second-order valence-corrected chi connectivity index (χ2v) is 4.60. The predicted octanol–water partition coefficient (Wildman–Crippen LogP) is 1.96. The topological polar surface area (TPSA) is 110 Å². The van der Waals surface area contributed by atoms with Gasteiger partial charge >= 0.3 is 11.7 Å². The Labute approximate surface area is 119 Å². The number of benzene rings is 1. The van der Waals surface area contributed by atoms with Crippen LogP contribution in [-0.2, 0) is 4.79 Å². The maximum absolute atomic E-state index is 13.4. The fraction of sp³-hybridized carbons (Fsp3) is 0.385. The van der Waals surface area contributed by atoms with Gasteiger partial charge in [-0.3, -0.25) is 14.9 Å². The summed E-state index contributed by atoms with van der Waals surface area (Å²) < 4.78 is 13.4. The number of hydrogen-bond donors (Lipinski definition) is 2. The molecule has 0 aliphatic carbocycles. The van der Waals surface area contributed by atoms with Crippen molar-refractivity contribution < 1.29 is 24.0 Å². The first kappa shape index (κ1) is 16.5. The van der Waals surface area contributed by atoms with E-state index in [1.165, 1.54) is 0 Å². The molecule has 0 fully saturated rings. The molecule has 1 rings (SSSR count). The lowest BCUT2D eigenvalue weighted by Gasteiger charge is -2.20. The summed E-state index contributed by atoms with van der Waals surface area (Å²) in [6, 6.07) is 1.54. The molecule has 7 nitrogen and oxygen atoms in total. The van der Waals surface area contributed by atoms with E-state index < -0.39 is 34.3 Å². The molecule has 1 aromatic carbocycles. The van der Waals surface area contributed by atoms with Crippen LogP contribution in [0.1, 0.15) is 30.6 Å². The van der Waals surface area contributed by atoms with E-state index in [-0.39, 0.29) is 11.5 Å². The smallest absolute Gasteiger partial charge is 0.326 e. The Morgan fingerprint density at radius 1 is 1.48 bits per heavy atom. The first-order chi connectivity index (χ1) is 9.77. The molecule has 0 radical (unpaired) electrons. The van der Waals surface area contributed by atoms with Crippen LogP contribution >= 0.6 is 0 Å². The molecule has 0 saturated heterocycles. The predicted molar refractivity (Wildman–Crippen MR) is 71.4 cm³/mol. The Kier molecular flexibility index (Phi) is 5.34. The summed E-state index contributed by atoms with van der Waals surface area (Å²) in [5, 5.41) is 21.8. The van der Waals surface area contributed by atoms with Gasteiger partial charge in [0.1, 0.15) is 6.04 Å². The van der Waals surface area contributed by atoms with Gasteiger partial charge in [-0.05, 0) is 18.1 Å². The van der Waals surface area contributed by atoms with Gasteiger partial charge in [0.05, 0.1) is 4.92 Å². The number of hydrogen-bond acceptors (Lipinski definition) is 4. The maximum atomic E-state index is 13.4. The highest BCUT2D eigenvalue weighted by Gasteiger charge is 2.26.